The van der Waals surface area contributed by atoms with Crippen LogP contribution in [0.4, 0.5) is 10.1 Å². The number of carbonyl (C=O) groups is 2. The summed E-state index contributed by atoms with van der Waals surface area (Å²) in [7, 11) is 0. The Morgan fingerprint density at radius 3 is 2.84 bits per heavy atom. The van der Waals surface area contributed by atoms with E-state index in [9.17, 15) is 14.0 Å². The molecule has 6 nitrogen and oxygen atoms in total. The summed E-state index contributed by atoms with van der Waals surface area (Å²) in [5.41, 5.74) is 1.05. The normalized spacial score (nSPS) is 21.6. The van der Waals surface area contributed by atoms with E-state index in [0.29, 0.717) is 6.54 Å². The van der Waals surface area contributed by atoms with Crippen LogP contribution < -0.4 is 10.2 Å². The standard InChI is InChI=1S/C18H24FN3O3/c1-13-2-3-16(15(19)10-13)22-12-14(11-17(22)23)18(24)20-4-5-21-6-8-25-9-7-21/h2-3,10,14H,4-9,11-12H2,1H3,(H,20,24)/t14-/m1/s1. The van der Waals surface area contributed by atoms with Crippen LogP contribution in [-0.4, -0.2) is 62.7 Å². The van der Waals surface area contributed by atoms with Gasteiger partial charge in [0.2, 0.25) is 11.8 Å². The summed E-state index contributed by atoms with van der Waals surface area (Å²) < 4.78 is 19.4. The molecule has 1 aromatic carbocycles. The van der Waals surface area contributed by atoms with Crippen LogP contribution in [0.5, 0.6) is 0 Å². The number of rotatable bonds is 5. The van der Waals surface area contributed by atoms with Crippen molar-refractivity contribution in [3.63, 3.8) is 0 Å². The Morgan fingerprint density at radius 2 is 2.12 bits per heavy atom. The van der Waals surface area contributed by atoms with Crippen molar-refractivity contribution in [3.8, 4) is 0 Å². The molecule has 1 atom stereocenters. The smallest absolute Gasteiger partial charge is 0.227 e. The molecule has 0 spiro atoms. The van der Waals surface area contributed by atoms with E-state index in [4.69, 9.17) is 4.74 Å². The summed E-state index contributed by atoms with van der Waals surface area (Å²) in [6.45, 7) is 6.53. The number of anilines is 1. The summed E-state index contributed by atoms with van der Waals surface area (Å²) in [5, 5.41) is 2.89. The summed E-state index contributed by atoms with van der Waals surface area (Å²) in [5.74, 6) is -1.22. The molecule has 1 aromatic rings. The Labute approximate surface area is 146 Å². The van der Waals surface area contributed by atoms with Crippen molar-refractivity contribution in [1.82, 2.24) is 10.2 Å². The van der Waals surface area contributed by atoms with Gasteiger partial charge < -0.3 is 15.0 Å². The van der Waals surface area contributed by atoms with Crippen molar-refractivity contribution in [2.24, 2.45) is 5.92 Å². The molecule has 25 heavy (non-hydrogen) atoms. The van der Waals surface area contributed by atoms with Crippen molar-refractivity contribution < 1.29 is 18.7 Å². The van der Waals surface area contributed by atoms with Gasteiger partial charge in [0.15, 0.2) is 0 Å². The Hall–Kier alpha value is -1.99. The quantitative estimate of drug-likeness (QED) is 0.859. The Balaban J connectivity index is 1.51. The fourth-order valence-corrected chi connectivity index (χ4v) is 3.25. The van der Waals surface area contributed by atoms with Crippen LogP contribution in [-0.2, 0) is 14.3 Å². The number of carbonyl (C=O) groups excluding carboxylic acids is 2. The van der Waals surface area contributed by atoms with Crippen LogP contribution in [0.25, 0.3) is 0 Å². The topological polar surface area (TPSA) is 61.9 Å². The van der Waals surface area contributed by atoms with Gasteiger partial charge in [0, 0.05) is 39.1 Å². The maximum Gasteiger partial charge on any atom is 0.227 e. The zero-order valence-corrected chi connectivity index (χ0v) is 14.5. The first-order chi connectivity index (χ1) is 12.0. The van der Waals surface area contributed by atoms with Crippen molar-refractivity contribution in [2.45, 2.75) is 13.3 Å². The lowest BCUT2D eigenvalue weighted by molar-refractivity contribution is -0.126. The molecule has 0 unspecified atom stereocenters. The second-order valence-electron chi connectivity index (χ2n) is 6.61. The van der Waals surface area contributed by atoms with Crippen molar-refractivity contribution in [3.05, 3.63) is 29.6 Å². The molecule has 2 saturated heterocycles. The predicted molar refractivity (Wildman–Crippen MR) is 91.9 cm³/mol. The van der Waals surface area contributed by atoms with Gasteiger partial charge in [0.1, 0.15) is 5.82 Å². The van der Waals surface area contributed by atoms with E-state index in [1.807, 2.05) is 0 Å². The van der Waals surface area contributed by atoms with E-state index in [1.54, 1.807) is 19.1 Å². The Morgan fingerprint density at radius 1 is 1.36 bits per heavy atom. The minimum Gasteiger partial charge on any atom is -0.379 e. The lowest BCUT2D eigenvalue weighted by Gasteiger charge is -2.26. The minimum absolute atomic E-state index is 0.122. The average molecular weight is 349 g/mol. The first-order valence-electron chi connectivity index (χ1n) is 8.69. The molecular formula is C18H24FN3O3. The summed E-state index contributed by atoms with van der Waals surface area (Å²) in [6.07, 6.45) is 0.122. The van der Waals surface area contributed by atoms with E-state index in [1.165, 1.54) is 11.0 Å². The predicted octanol–water partition coefficient (Wildman–Crippen LogP) is 0.935. The highest BCUT2D eigenvalue weighted by Crippen LogP contribution is 2.28. The van der Waals surface area contributed by atoms with Crippen molar-refractivity contribution >= 4 is 17.5 Å². The third-order valence-electron chi connectivity index (χ3n) is 4.72. The van der Waals surface area contributed by atoms with Crippen LogP contribution in [0.3, 0.4) is 0 Å². The van der Waals surface area contributed by atoms with Gasteiger partial charge in [-0.25, -0.2) is 4.39 Å². The second-order valence-corrected chi connectivity index (χ2v) is 6.61. The van der Waals surface area contributed by atoms with E-state index in [0.717, 1.165) is 38.4 Å². The van der Waals surface area contributed by atoms with Gasteiger partial charge in [-0.2, -0.15) is 0 Å². The Kier molecular flexibility index (Phi) is 5.65. The maximum atomic E-state index is 14.1. The number of aryl methyl sites for hydroxylation is 1. The number of hydrogen-bond acceptors (Lipinski definition) is 4. The third kappa shape index (κ3) is 4.35. The molecule has 0 bridgehead atoms. The molecule has 0 saturated carbocycles. The maximum absolute atomic E-state index is 14.1. The molecular weight excluding hydrogens is 325 g/mol. The summed E-state index contributed by atoms with van der Waals surface area (Å²) in [6, 6.07) is 4.76. The fraction of sp³-hybridized carbons (Fsp3) is 0.556. The summed E-state index contributed by atoms with van der Waals surface area (Å²) in [4.78, 5) is 28.1. The number of hydrogen-bond donors (Lipinski definition) is 1. The van der Waals surface area contributed by atoms with Gasteiger partial charge in [-0.3, -0.25) is 14.5 Å². The first kappa shape index (κ1) is 17.8. The molecule has 2 amide bonds. The molecule has 7 heteroatoms. The van der Waals surface area contributed by atoms with Gasteiger partial charge in [0.25, 0.3) is 0 Å². The Bertz CT molecular complexity index is 646. The molecule has 0 aliphatic carbocycles. The lowest BCUT2D eigenvalue weighted by atomic mass is 10.1. The highest BCUT2D eigenvalue weighted by atomic mass is 19.1. The van der Waals surface area contributed by atoms with Gasteiger partial charge in [-0.15, -0.1) is 0 Å². The van der Waals surface area contributed by atoms with Crippen LogP contribution in [0.2, 0.25) is 0 Å². The molecule has 136 valence electrons. The van der Waals surface area contributed by atoms with Crippen LogP contribution in [0.1, 0.15) is 12.0 Å². The third-order valence-corrected chi connectivity index (χ3v) is 4.72. The van der Waals surface area contributed by atoms with Gasteiger partial charge in [0.05, 0.1) is 24.8 Å². The zero-order chi connectivity index (χ0) is 17.8. The number of nitrogens with one attached hydrogen (secondary N) is 1. The van der Waals surface area contributed by atoms with Gasteiger partial charge in [-0.05, 0) is 24.6 Å². The first-order valence-corrected chi connectivity index (χ1v) is 8.69. The molecule has 2 aliphatic heterocycles. The highest BCUT2D eigenvalue weighted by Gasteiger charge is 2.36. The summed E-state index contributed by atoms with van der Waals surface area (Å²) >= 11 is 0. The zero-order valence-electron chi connectivity index (χ0n) is 14.5. The van der Waals surface area contributed by atoms with Crippen LogP contribution in [0, 0.1) is 18.7 Å². The minimum atomic E-state index is -0.433. The average Bonchev–Trinajstić information content (AvgIpc) is 2.97. The number of halogens is 1. The lowest BCUT2D eigenvalue weighted by Crippen LogP contribution is -2.42. The molecule has 0 radical (unpaired) electrons. The van der Waals surface area contributed by atoms with Crippen LogP contribution in [0.15, 0.2) is 18.2 Å². The number of morpholine rings is 1. The number of nitrogens with zero attached hydrogens (tertiary/aromatic N) is 2. The van der Waals surface area contributed by atoms with Gasteiger partial charge >= 0.3 is 0 Å². The number of amides is 2. The SMILES string of the molecule is Cc1ccc(N2C[C@H](C(=O)NCCN3CCOCC3)CC2=O)c(F)c1. The largest absolute Gasteiger partial charge is 0.379 e. The fourth-order valence-electron chi connectivity index (χ4n) is 3.25. The molecule has 2 heterocycles. The molecule has 1 N–H and O–H groups in total. The van der Waals surface area contributed by atoms with E-state index >= 15 is 0 Å². The number of benzene rings is 1. The molecule has 0 aromatic heterocycles. The van der Waals surface area contributed by atoms with E-state index in [-0.39, 0.29) is 30.5 Å². The molecule has 2 aliphatic rings. The van der Waals surface area contributed by atoms with Gasteiger partial charge in [-0.1, -0.05) is 6.07 Å². The number of ether oxygens (including phenoxy) is 1. The van der Waals surface area contributed by atoms with Crippen molar-refractivity contribution in [1.29, 1.82) is 0 Å². The second kappa shape index (κ2) is 7.93. The molecule has 2 fully saturated rings. The highest BCUT2D eigenvalue weighted by molar-refractivity contribution is 6.00. The van der Waals surface area contributed by atoms with Crippen molar-refractivity contribution in [2.75, 3.05) is 50.8 Å². The molecule has 3 rings (SSSR count). The van der Waals surface area contributed by atoms with E-state index in [2.05, 4.69) is 10.2 Å². The monoisotopic (exact) mass is 349 g/mol. The van der Waals surface area contributed by atoms with E-state index < -0.39 is 11.7 Å². The van der Waals surface area contributed by atoms with Crippen LogP contribution >= 0.6 is 0 Å².